The Labute approximate surface area is 172 Å². The van der Waals surface area contributed by atoms with E-state index in [4.69, 9.17) is 11.6 Å². The SMILES string of the molecule is CN(CCC(=O)/C(=C/c1ccccc1)c1ccc(Cl)cc1)Cc1ccccc1. The summed E-state index contributed by atoms with van der Waals surface area (Å²) in [5, 5.41) is 0.665. The van der Waals surface area contributed by atoms with Crippen molar-refractivity contribution in [2.45, 2.75) is 13.0 Å². The third-order valence-electron chi connectivity index (χ3n) is 4.58. The maximum atomic E-state index is 13.1. The lowest BCUT2D eigenvalue weighted by molar-refractivity contribution is -0.114. The highest BCUT2D eigenvalue weighted by atomic mass is 35.5. The Morgan fingerprint density at radius 2 is 1.50 bits per heavy atom. The molecule has 3 aromatic carbocycles. The minimum absolute atomic E-state index is 0.131. The highest BCUT2D eigenvalue weighted by Gasteiger charge is 2.13. The third-order valence-corrected chi connectivity index (χ3v) is 4.83. The molecule has 0 aromatic heterocycles. The quantitative estimate of drug-likeness (QED) is 0.349. The molecule has 3 rings (SSSR count). The second kappa shape index (κ2) is 10.0. The number of rotatable bonds is 8. The number of benzene rings is 3. The van der Waals surface area contributed by atoms with Gasteiger partial charge < -0.3 is 4.90 Å². The molecule has 0 radical (unpaired) electrons. The van der Waals surface area contributed by atoms with Gasteiger partial charge in [0.05, 0.1) is 0 Å². The summed E-state index contributed by atoms with van der Waals surface area (Å²) in [4.78, 5) is 15.2. The average molecular weight is 390 g/mol. The zero-order chi connectivity index (χ0) is 19.8. The topological polar surface area (TPSA) is 20.3 Å². The molecule has 2 nitrogen and oxygen atoms in total. The second-order valence-electron chi connectivity index (χ2n) is 6.87. The first-order valence-corrected chi connectivity index (χ1v) is 9.78. The number of carbonyl (C=O) groups excluding carboxylic acids is 1. The highest BCUT2D eigenvalue weighted by molar-refractivity contribution is 6.31. The lowest BCUT2D eigenvalue weighted by atomic mass is 9.97. The van der Waals surface area contributed by atoms with Crippen LogP contribution in [-0.2, 0) is 11.3 Å². The average Bonchev–Trinajstić information content (AvgIpc) is 2.72. The van der Waals surface area contributed by atoms with Crippen LogP contribution in [-0.4, -0.2) is 24.3 Å². The van der Waals surface area contributed by atoms with Crippen LogP contribution >= 0.6 is 11.6 Å². The summed E-state index contributed by atoms with van der Waals surface area (Å²) in [5.41, 5.74) is 3.87. The molecule has 0 amide bonds. The molecule has 0 unspecified atom stereocenters. The summed E-state index contributed by atoms with van der Waals surface area (Å²) < 4.78 is 0. The van der Waals surface area contributed by atoms with Crippen molar-refractivity contribution in [1.29, 1.82) is 0 Å². The van der Waals surface area contributed by atoms with E-state index in [1.165, 1.54) is 5.56 Å². The molecule has 0 aliphatic rings. The number of hydrogen-bond donors (Lipinski definition) is 0. The number of allylic oxidation sites excluding steroid dienone is 1. The zero-order valence-corrected chi connectivity index (χ0v) is 16.8. The Kier molecular flexibility index (Phi) is 7.18. The Morgan fingerprint density at radius 1 is 0.893 bits per heavy atom. The van der Waals surface area contributed by atoms with Gasteiger partial charge in [-0.25, -0.2) is 0 Å². The van der Waals surface area contributed by atoms with E-state index in [-0.39, 0.29) is 5.78 Å². The van der Waals surface area contributed by atoms with Crippen LogP contribution in [0.2, 0.25) is 5.02 Å². The predicted molar refractivity (Wildman–Crippen MR) is 118 cm³/mol. The number of halogens is 1. The largest absolute Gasteiger partial charge is 0.302 e. The lowest BCUT2D eigenvalue weighted by Crippen LogP contribution is -2.21. The standard InChI is InChI=1S/C25H24ClNO/c1-27(19-21-10-6-3-7-11-21)17-16-25(28)24(18-20-8-4-2-5-9-20)22-12-14-23(26)15-13-22/h2-15,18H,16-17,19H2,1H3/b24-18+. The monoisotopic (exact) mass is 389 g/mol. The van der Waals surface area contributed by atoms with Crippen molar-refractivity contribution < 1.29 is 4.79 Å². The van der Waals surface area contributed by atoms with E-state index in [0.29, 0.717) is 18.0 Å². The molecule has 0 bridgehead atoms. The first kappa shape index (κ1) is 20.1. The first-order chi connectivity index (χ1) is 13.6. The van der Waals surface area contributed by atoms with Gasteiger partial charge in [0.25, 0.3) is 0 Å². The van der Waals surface area contributed by atoms with Crippen LogP contribution in [0.4, 0.5) is 0 Å². The van der Waals surface area contributed by atoms with Crippen LogP contribution in [0.5, 0.6) is 0 Å². The van der Waals surface area contributed by atoms with Gasteiger partial charge in [-0.15, -0.1) is 0 Å². The molecule has 0 saturated carbocycles. The van der Waals surface area contributed by atoms with E-state index >= 15 is 0 Å². The molecule has 3 heteroatoms. The smallest absolute Gasteiger partial charge is 0.164 e. The van der Waals surface area contributed by atoms with Gasteiger partial charge in [-0.2, -0.15) is 0 Å². The fraction of sp³-hybridized carbons (Fsp3) is 0.160. The maximum Gasteiger partial charge on any atom is 0.164 e. The van der Waals surface area contributed by atoms with E-state index in [0.717, 1.165) is 23.2 Å². The normalized spacial score (nSPS) is 11.6. The molecule has 3 aromatic rings. The number of nitrogens with zero attached hydrogens (tertiary/aromatic N) is 1. The van der Waals surface area contributed by atoms with Gasteiger partial charge in [0.1, 0.15) is 0 Å². The lowest BCUT2D eigenvalue weighted by Gasteiger charge is -2.17. The summed E-state index contributed by atoms with van der Waals surface area (Å²) in [6.45, 7) is 1.53. The van der Waals surface area contributed by atoms with Gasteiger partial charge in [0.15, 0.2) is 5.78 Å². The second-order valence-corrected chi connectivity index (χ2v) is 7.31. The molecule has 0 saturated heterocycles. The van der Waals surface area contributed by atoms with Crippen molar-refractivity contribution in [3.63, 3.8) is 0 Å². The van der Waals surface area contributed by atoms with Crippen molar-refractivity contribution in [1.82, 2.24) is 4.90 Å². The fourth-order valence-electron chi connectivity index (χ4n) is 3.07. The van der Waals surface area contributed by atoms with Crippen LogP contribution < -0.4 is 0 Å². The van der Waals surface area contributed by atoms with E-state index in [2.05, 4.69) is 17.0 Å². The van der Waals surface area contributed by atoms with Gasteiger partial charge in [0.2, 0.25) is 0 Å². The number of carbonyl (C=O) groups is 1. The van der Waals surface area contributed by atoms with Gasteiger partial charge >= 0.3 is 0 Å². The fourth-order valence-corrected chi connectivity index (χ4v) is 3.20. The van der Waals surface area contributed by atoms with Gasteiger partial charge in [-0.1, -0.05) is 84.4 Å². The van der Waals surface area contributed by atoms with Crippen LogP contribution in [0, 0.1) is 0 Å². The summed E-state index contributed by atoms with van der Waals surface area (Å²) in [6.07, 6.45) is 2.42. The number of hydrogen-bond acceptors (Lipinski definition) is 2. The molecular formula is C25H24ClNO. The Balaban J connectivity index is 1.73. The summed E-state index contributed by atoms with van der Waals surface area (Å²) >= 11 is 6.02. The molecule has 0 aliphatic carbocycles. The molecule has 142 valence electrons. The number of Topliss-reactive ketones (excluding diaryl/α,β-unsaturated/α-hetero) is 1. The molecule has 0 aliphatic heterocycles. The van der Waals surface area contributed by atoms with Gasteiger partial charge in [-0.3, -0.25) is 4.79 Å². The molecule has 0 N–H and O–H groups in total. The summed E-state index contributed by atoms with van der Waals surface area (Å²) in [5.74, 6) is 0.131. The zero-order valence-electron chi connectivity index (χ0n) is 16.0. The van der Waals surface area contributed by atoms with Gasteiger partial charge in [0, 0.05) is 30.1 Å². The van der Waals surface area contributed by atoms with Crippen LogP contribution in [0.3, 0.4) is 0 Å². The first-order valence-electron chi connectivity index (χ1n) is 9.40. The van der Waals surface area contributed by atoms with E-state index in [1.807, 2.05) is 85.9 Å². The van der Waals surface area contributed by atoms with E-state index in [9.17, 15) is 4.79 Å². The van der Waals surface area contributed by atoms with E-state index in [1.54, 1.807) is 0 Å². The van der Waals surface area contributed by atoms with Crippen LogP contribution in [0.15, 0.2) is 84.9 Å². The Bertz CT molecular complexity index is 918. The third kappa shape index (κ3) is 5.91. The van der Waals surface area contributed by atoms with Crippen molar-refractivity contribution in [2.24, 2.45) is 0 Å². The van der Waals surface area contributed by atoms with Crippen LogP contribution in [0.25, 0.3) is 11.6 Å². The van der Waals surface area contributed by atoms with Crippen molar-refractivity contribution in [3.05, 3.63) is 107 Å². The number of ketones is 1. The molecule has 28 heavy (non-hydrogen) atoms. The van der Waals surface area contributed by atoms with Gasteiger partial charge in [-0.05, 0) is 41.9 Å². The predicted octanol–water partition coefficient (Wildman–Crippen LogP) is 5.97. The van der Waals surface area contributed by atoms with Crippen molar-refractivity contribution in [2.75, 3.05) is 13.6 Å². The van der Waals surface area contributed by atoms with Crippen LogP contribution in [0.1, 0.15) is 23.1 Å². The minimum Gasteiger partial charge on any atom is -0.302 e. The molecular weight excluding hydrogens is 366 g/mol. The van der Waals surface area contributed by atoms with Crippen molar-refractivity contribution >= 4 is 29.0 Å². The molecule has 0 atom stereocenters. The minimum atomic E-state index is 0.131. The summed E-state index contributed by atoms with van der Waals surface area (Å²) in [6, 6.07) is 27.7. The Hall–Kier alpha value is -2.68. The Morgan fingerprint density at radius 3 is 2.14 bits per heavy atom. The van der Waals surface area contributed by atoms with Crippen molar-refractivity contribution in [3.8, 4) is 0 Å². The molecule has 0 heterocycles. The highest BCUT2D eigenvalue weighted by Crippen LogP contribution is 2.23. The van der Waals surface area contributed by atoms with E-state index < -0.39 is 0 Å². The maximum absolute atomic E-state index is 13.1. The molecule has 0 fully saturated rings. The molecule has 0 spiro atoms. The summed E-state index contributed by atoms with van der Waals surface area (Å²) in [7, 11) is 2.04.